The summed E-state index contributed by atoms with van der Waals surface area (Å²) < 4.78 is 16.4. The van der Waals surface area contributed by atoms with Crippen molar-refractivity contribution in [1.82, 2.24) is 4.57 Å². The summed E-state index contributed by atoms with van der Waals surface area (Å²) in [6.07, 6.45) is 5.59. The molecule has 0 saturated carbocycles. The Balaban J connectivity index is 2.03. The molecule has 0 fully saturated rings. The first-order valence-corrected chi connectivity index (χ1v) is 8.24. The van der Waals surface area contributed by atoms with Crippen molar-refractivity contribution in [3.63, 3.8) is 0 Å². The van der Waals surface area contributed by atoms with Gasteiger partial charge in [0.15, 0.2) is 4.80 Å². The van der Waals surface area contributed by atoms with E-state index >= 15 is 0 Å². The van der Waals surface area contributed by atoms with Crippen LogP contribution in [-0.2, 0) is 17.8 Å². The number of rotatable bonds is 3. The molecule has 3 rings (SSSR count). The van der Waals surface area contributed by atoms with Crippen molar-refractivity contribution in [2.75, 3.05) is 0 Å². The molecule has 0 bridgehead atoms. The lowest BCUT2D eigenvalue weighted by molar-refractivity contribution is -0.117. The summed E-state index contributed by atoms with van der Waals surface area (Å²) in [7, 11) is 0. The van der Waals surface area contributed by atoms with Crippen LogP contribution in [0.25, 0.3) is 10.2 Å². The van der Waals surface area contributed by atoms with Gasteiger partial charge in [-0.2, -0.15) is 4.99 Å². The molecule has 3 aromatic rings. The summed E-state index contributed by atoms with van der Waals surface area (Å²) in [5, 5.41) is 0. The third-order valence-electron chi connectivity index (χ3n) is 3.56. The summed E-state index contributed by atoms with van der Waals surface area (Å²) in [6, 6.07) is 12.5. The lowest BCUT2D eigenvalue weighted by atomic mass is 10.1. The first-order chi connectivity index (χ1) is 11.6. The number of terminal acetylenes is 1. The average molecular weight is 338 g/mol. The largest absolute Gasteiger partial charge is 0.302 e. The summed E-state index contributed by atoms with van der Waals surface area (Å²) in [5.41, 5.74) is 2.38. The van der Waals surface area contributed by atoms with Crippen molar-refractivity contribution < 1.29 is 9.18 Å². The number of hydrogen-bond donors (Lipinski definition) is 0. The van der Waals surface area contributed by atoms with E-state index in [9.17, 15) is 9.18 Å². The molecule has 5 heteroatoms. The molecular formula is C19H15FN2OS. The topological polar surface area (TPSA) is 34.4 Å². The fraction of sp³-hybridized carbons (Fsp3) is 0.158. The van der Waals surface area contributed by atoms with E-state index in [0.717, 1.165) is 11.1 Å². The Labute approximate surface area is 143 Å². The van der Waals surface area contributed by atoms with Gasteiger partial charge in [-0.05, 0) is 24.6 Å². The molecule has 1 aromatic heterocycles. The van der Waals surface area contributed by atoms with E-state index in [4.69, 9.17) is 6.42 Å². The van der Waals surface area contributed by atoms with Crippen molar-refractivity contribution in [2.24, 2.45) is 4.99 Å². The van der Waals surface area contributed by atoms with Crippen LogP contribution in [0, 0.1) is 25.1 Å². The molecule has 3 nitrogen and oxygen atoms in total. The number of halogens is 1. The molecule has 0 atom stereocenters. The highest BCUT2D eigenvalue weighted by Gasteiger charge is 2.11. The van der Waals surface area contributed by atoms with Gasteiger partial charge in [0.1, 0.15) is 5.82 Å². The van der Waals surface area contributed by atoms with Crippen molar-refractivity contribution in [3.8, 4) is 12.3 Å². The summed E-state index contributed by atoms with van der Waals surface area (Å²) in [4.78, 5) is 16.9. The van der Waals surface area contributed by atoms with Gasteiger partial charge in [-0.15, -0.1) is 6.42 Å². The Bertz CT molecular complexity index is 1020. The van der Waals surface area contributed by atoms with E-state index < -0.39 is 0 Å². The third kappa shape index (κ3) is 3.29. The van der Waals surface area contributed by atoms with E-state index in [1.165, 1.54) is 17.4 Å². The molecule has 0 unspecified atom stereocenters. The number of carbonyl (C=O) groups is 1. The summed E-state index contributed by atoms with van der Waals surface area (Å²) in [6.45, 7) is 2.14. The van der Waals surface area contributed by atoms with Gasteiger partial charge in [0, 0.05) is 0 Å². The number of hydrogen-bond acceptors (Lipinski definition) is 2. The Morgan fingerprint density at radius 3 is 2.88 bits per heavy atom. The molecule has 0 aliphatic heterocycles. The second-order valence-corrected chi connectivity index (χ2v) is 6.44. The number of para-hydroxylation sites is 1. The smallest absolute Gasteiger partial charge is 0.252 e. The molecule has 0 saturated heterocycles. The van der Waals surface area contributed by atoms with Crippen LogP contribution in [0.3, 0.4) is 0 Å². The number of carbonyl (C=O) groups excluding carboxylic acids is 1. The third-order valence-corrected chi connectivity index (χ3v) is 4.60. The van der Waals surface area contributed by atoms with Gasteiger partial charge in [-0.25, -0.2) is 4.39 Å². The van der Waals surface area contributed by atoms with Crippen molar-refractivity contribution >= 4 is 27.5 Å². The fourth-order valence-corrected chi connectivity index (χ4v) is 3.61. The highest BCUT2D eigenvalue weighted by molar-refractivity contribution is 7.16. The highest BCUT2D eigenvalue weighted by atomic mass is 32.1. The molecule has 1 amide bonds. The first kappa shape index (κ1) is 16.2. The minimum atomic E-state index is -0.369. The quantitative estimate of drug-likeness (QED) is 0.674. The van der Waals surface area contributed by atoms with Gasteiger partial charge in [0.25, 0.3) is 5.91 Å². The van der Waals surface area contributed by atoms with Crippen molar-refractivity contribution in [3.05, 3.63) is 64.2 Å². The van der Waals surface area contributed by atoms with Gasteiger partial charge < -0.3 is 4.57 Å². The molecule has 2 aromatic carbocycles. The van der Waals surface area contributed by atoms with Gasteiger partial charge >= 0.3 is 0 Å². The van der Waals surface area contributed by atoms with E-state index in [0.29, 0.717) is 15.0 Å². The number of thiazole rings is 1. The summed E-state index contributed by atoms with van der Waals surface area (Å²) >= 11 is 1.26. The van der Waals surface area contributed by atoms with Crippen LogP contribution in [0.5, 0.6) is 0 Å². The second-order valence-electron chi connectivity index (χ2n) is 5.43. The second kappa shape index (κ2) is 6.81. The van der Waals surface area contributed by atoms with Crippen molar-refractivity contribution in [1.29, 1.82) is 0 Å². The molecular weight excluding hydrogens is 323 g/mol. The number of aromatic nitrogens is 1. The van der Waals surface area contributed by atoms with Crippen LogP contribution in [0.2, 0.25) is 0 Å². The molecule has 24 heavy (non-hydrogen) atoms. The number of amides is 1. The molecule has 0 radical (unpaired) electrons. The Morgan fingerprint density at radius 1 is 1.33 bits per heavy atom. The van der Waals surface area contributed by atoms with Crippen LogP contribution in [0.1, 0.15) is 11.1 Å². The van der Waals surface area contributed by atoms with E-state index in [2.05, 4.69) is 10.9 Å². The number of benzene rings is 2. The van der Waals surface area contributed by atoms with Gasteiger partial charge in [-0.3, -0.25) is 4.79 Å². The number of nitrogens with zero attached hydrogens (tertiary/aromatic N) is 2. The SMILES string of the molecule is C#CCn1c(=NC(=O)Cc2cccc(C)c2)sc2cccc(F)c21. The Hall–Kier alpha value is -2.71. The zero-order chi connectivity index (χ0) is 17.1. The minimum absolute atomic E-state index is 0.164. The Morgan fingerprint density at radius 2 is 2.12 bits per heavy atom. The molecule has 0 aliphatic carbocycles. The standard InChI is InChI=1S/C19H15FN2OS/c1-3-10-22-18-15(20)8-5-9-16(18)24-19(22)21-17(23)12-14-7-4-6-13(2)11-14/h1,4-9,11H,10,12H2,2H3. The average Bonchev–Trinajstić information content (AvgIpc) is 2.86. The number of aryl methyl sites for hydroxylation is 1. The van der Waals surface area contributed by atoms with Crippen molar-refractivity contribution in [2.45, 2.75) is 19.9 Å². The zero-order valence-electron chi connectivity index (χ0n) is 13.1. The molecule has 0 spiro atoms. The number of fused-ring (bicyclic) bond motifs is 1. The molecule has 0 aliphatic rings. The molecule has 0 N–H and O–H groups in total. The van der Waals surface area contributed by atoms with Crippen LogP contribution in [-0.4, -0.2) is 10.5 Å². The normalized spacial score (nSPS) is 11.6. The van der Waals surface area contributed by atoms with E-state index in [1.54, 1.807) is 16.7 Å². The highest BCUT2D eigenvalue weighted by Crippen LogP contribution is 2.20. The maximum Gasteiger partial charge on any atom is 0.252 e. The molecule has 1 heterocycles. The predicted molar refractivity (Wildman–Crippen MR) is 94.1 cm³/mol. The lowest BCUT2D eigenvalue weighted by Crippen LogP contribution is -2.17. The summed E-state index contributed by atoms with van der Waals surface area (Å²) in [5.74, 6) is 1.84. The van der Waals surface area contributed by atoms with Gasteiger partial charge in [0.05, 0.1) is 23.2 Å². The van der Waals surface area contributed by atoms with Crippen LogP contribution in [0.15, 0.2) is 47.5 Å². The predicted octanol–water partition coefficient (Wildman–Crippen LogP) is 3.45. The maximum absolute atomic E-state index is 14.1. The van der Waals surface area contributed by atoms with Gasteiger partial charge in [0.2, 0.25) is 0 Å². The monoisotopic (exact) mass is 338 g/mol. The Kier molecular flexibility index (Phi) is 4.59. The van der Waals surface area contributed by atoms with Gasteiger partial charge in [-0.1, -0.05) is 53.2 Å². The van der Waals surface area contributed by atoms with Crippen LogP contribution < -0.4 is 4.80 Å². The zero-order valence-corrected chi connectivity index (χ0v) is 13.9. The molecule has 120 valence electrons. The fourth-order valence-electron chi connectivity index (χ4n) is 2.55. The first-order valence-electron chi connectivity index (χ1n) is 7.43. The van der Waals surface area contributed by atoms with E-state index in [1.807, 2.05) is 31.2 Å². The van der Waals surface area contributed by atoms with Crippen LogP contribution >= 0.6 is 11.3 Å². The minimum Gasteiger partial charge on any atom is -0.302 e. The maximum atomic E-state index is 14.1. The van der Waals surface area contributed by atoms with E-state index in [-0.39, 0.29) is 24.7 Å². The lowest BCUT2D eigenvalue weighted by Gasteiger charge is -2.01. The van der Waals surface area contributed by atoms with Crippen LogP contribution in [0.4, 0.5) is 4.39 Å².